The molecule has 1 aromatic carbocycles. The molecule has 0 spiro atoms. The van der Waals surface area contributed by atoms with E-state index < -0.39 is 5.91 Å². The van der Waals surface area contributed by atoms with Gasteiger partial charge in [0.05, 0.1) is 0 Å². The number of carbonyl (C=O) groups is 1. The molecule has 1 amide bonds. The second-order valence-electron chi connectivity index (χ2n) is 3.22. The molecule has 0 aliphatic heterocycles. The van der Waals surface area contributed by atoms with Gasteiger partial charge < -0.3 is 16.2 Å². The van der Waals surface area contributed by atoms with Crippen LogP contribution >= 0.6 is 0 Å². The molecule has 0 bridgehead atoms. The van der Waals surface area contributed by atoms with Gasteiger partial charge >= 0.3 is 0 Å². The number of rotatable bonds is 4. The van der Waals surface area contributed by atoms with Crippen LogP contribution in [0.15, 0.2) is 29.3 Å². The first kappa shape index (κ1) is 12.0. The number of benzene rings is 1. The molecular weight excluding hydrogens is 206 g/mol. The lowest BCUT2D eigenvalue weighted by molar-refractivity contribution is -0.119. The van der Waals surface area contributed by atoms with Crippen molar-refractivity contribution in [1.29, 1.82) is 0 Å². The molecular formula is C11H15N3O2. The van der Waals surface area contributed by atoms with Gasteiger partial charge in [0, 0.05) is 0 Å². The van der Waals surface area contributed by atoms with Crippen LogP contribution in [0.1, 0.15) is 12.5 Å². The first-order chi connectivity index (χ1) is 7.61. The van der Waals surface area contributed by atoms with Crippen molar-refractivity contribution in [1.82, 2.24) is 0 Å². The zero-order valence-corrected chi connectivity index (χ0v) is 9.14. The van der Waals surface area contributed by atoms with Gasteiger partial charge in [-0.05, 0) is 24.1 Å². The summed E-state index contributed by atoms with van der Waals surface area (Å²) in [4.78, 5) is 14.5. The van der Waals surface area contributed by atoms with Crippen molar-refractivity contribution in [2.24, 2.45) is 16.5 Å². The summed E-state index contributed by atoms with van der Waals surface area (Å²) in [6.45, 7) is 1.88. The van der Waals surface area contributed by atoms with Crippen LogP contribution < -0.4 is 16.2 Å². The fourth-order valence-corrected chi connectivity index (χ4v) is 1.18. The fourth-order valence-electron chi connectivity index (χ4n) is 1.18. The smallest absolute Gasteiger partial charge is 0.286 e. The zero-order chi connectivity index (χ0) is 12.0. The van der Waals surface area contributed by atoms with Crippen LogP contribution in [-0.2, 0) is 11.2 Å². The molecule has 0 fully saturated rings. The number of nitrogens with zero attached hydrogens (tertiary/aromatic N) is 1. The molecule has 1 rings (SSSR count). The van der Waals surface area contributed by atoms with E-state index in [9.17, 15) is 4.79 Å². The third-order valence-electron chi connectivity index (χ3n) is 1.92. The number of carbonyl (C=O) groups excluding carboxylic acids is 1. The third kappa shape index (κ3) is 4.00. The van der Waals surface area contributed by atoms with E-state index in [0.29, 0.717) is 5.75 Å². The summed E-state index contributed by atoms with van der Waals surface area (Å²) >= 11 is 0. The molecule has 1 aromatic rings. The van der Waals surface area contributed by atoms with Crippen LogP contribution in [0.25, 0.3) is 0 Å². The minimum atomic E-state index is -0.498. The Bertz CT molecular complexity index is 398. The van der Waals surface area contributed by atoms with Crippen molar-refractivity contribution in [3.05, 3.63) is 29.8 Å². The van der Waals surface area contributed by atoms with Gasteiger partial charge in [0.1, 0.15) is 5.75 Å². The van der Waals surface area contributed by atoms with E-state index in [1.807, 2.05) is 25.1 Å². The van der Waals surface area contributed by atoms with Crippen molar-refractivity contribution >= 4 is 11.9 Å². The van der Waals surface area contributed by atoms with Crippen molar-refractivity contribution in [2.45, 2.75) is 13.3 Å². The predicted octanol–water partition coefficient (Wildman–Crippen LogP) is 0.428. The van der Waals surface area contributed by atoms with Crippen LogP contribution in [0.3, 0.4) is 0 Å². The molecule has 16 heavy (non-hydrogen) atoms. The number of amides is 1. The summed E-state index contributed by atoms with van der Waals surface area (Å²) in [6.07, 6.45) is 0.916. The number of aliphatic imine (C=N–C) groups is 1. The quantitative estimate of drug-likeness (QED) is 0.569. The van der Waals surface area contributed by atoms with Gasteiger partial charge in [-0.3, -0.25) is 4.79 Å². The van der Waals surface area contributed by atoms with Gasteiger partial charge in [-0.15, -0.1) is 0 Å². The number of aryl methyl sites for hydroxylation is 1. The average molecular weight is 221 g/mol. The van der Waals surface area contributed by atoms with E-state index in [0.717, 1.165) is 12.0 Å². The molecule has 0 heterocycles. The Morgan fingerprint density at radius 1 is 1.44 bits per heavy atom. The normalized spacial score (nSPS) is 9.56. The van der Waals surface area contributed by atoms with Gasteiger partial charge in [0.15, 0.2) is 12.6 Å². The lowest BCUT2D eigenvalue weighted by Gasteiger charge is -2.04. The van der Waals surface area contributed by atoms with E-state index in [4.69, 9.17) is 16.2 Å². The number of guanidine groups is 1. The summed E-state index contributed by atoms with van der Waals surface area (Å²) in [5, 5.41) is 0. The Morgan fingerprint density at radius 3 is 2.81 bits per heavy atom. The predicted molar refractivity (Wildman–Crippen MR) is 62.1 cm³/mol. The molecule has 0 aliphatic rings. The number of ether oxygens (including phenoxy) is 1. The highest BCUT2D eigenvalue weighted by atomic mass is 16.5. The van der Waals surface area contributed by atoms with E-state index >= 15 is 0 Å². The minimum absolute atomic E-state index is 0.162. The van der Waals surface area contributed by atoms with Crippen LogP contribution in [-0.4, -0.2) is 18.5 Å². The topological polar surface area (TPSA) is 90.7 Å². The molecule has 5 nitrogen and oxygen atoms in total. The van der Waals surface area contributed by atoms with E-state index in [1.165, 1.54) is 0 Å². The Kier molecular flexibility index (Phi) is 4.32. The van der Waals surface area contributed by atoms with Gasteiger partial charge in [-0.25, -0.2) is 0 Å². The maximum atomic E-state index is 11.1. The van der Waals surface area contributed by atoms with Crippen molar-refractivity contribution < 1.29 is 9.53 Å². The van der Waals surface area contributed by atoms with Crippen molar-refractivity contribution in [3.8, 4) is 5.75 Å². The molecule has 5 heteroatoms. The van der Waals surface area contributed by atoms with E-state index in [-0.39, 0.29) is 12.6 Å². The Morgan fingerprint density at radius 2 is 2.19 bits per heavy atom. The van der Waals surface area contributed by atoms with Crippen LogP contribution in [0, 0.1) is 0 Å². The van der Waals surface area contributed by atoms with Gasteiger partial charge in [0.25, 0.3) is 5.91 Å². The Hall–Kier alpha value is -2.04. The number of hydrogen-bond donors (Lipinski definition) is 2. The van der Waals surface area contributed by atoms with Crippen LogP contribution in [0.5, 0.6) is 5.75 Å². The van der Waals surface area contributed by atoms with Gasteiger partial charge in [-0.2, -0.15) is 4.99 Å². The first-order valence-corrected chi connectivity index (χ1v) is 4.96. The summed E-state index contributed by atoms with van der Waals surface area (Å²) in [5.74, 6) is -0.115. The number of nitrogens with two attached hydrogens (primary N) is 2. The molecule has 4 N–H and O–H groups in total. The molecule has 0 atom stereocenters. The third-order valence-corrected chi connectivity index (χ3v) is 1.92. The standard InChI is InChI=1S/C11H15N3O2/c1-2-8-4-3-5-9(6-8)16-7-10(15)14-11(12)13/h3-6H,2,7H2,1H3,(H4,12,13,14,15). The van der Waals surface area contributed by atoms with Gasteiger partial charge in [-0.1, -0.05) is 19.1 Å². The largest absolute Gasteiger partial charge is 0.484 e. The van der Waals surface area contributed by atoms with Crippen LogP contribution in [0.4, 0.5) is 0 Å². The molecule has 0 aromatic heterocycles. The summed E-state index contributed by atoms with van der Waals surface area (Å²) in [6, 6.07) is 7.52. The highest BCUT2D eigenvalue weighted by Gasteiger charge is 2.01. The Balaban J connectivity index is 2.54. The maximum absolute atomic E-state index is 11.1. The average Bonchev–Trinajstić information content (AvgIpc) is 2.26. The first-order valence-electron chi connectivity index (χ1n) is 4.96. The van der Waals surface area contributed by atoms with E-state index in [2.05, 4.69) is 4.99 Å². The minimum Gasteiger partial charge on any atom is -0.484 e. The lowest BCUT2D eigenvalue weighted by Crippen LogP contribution is -2.25. The maximum Gasteiger partial charge on any atom is 0.286 e. The highest BCUT2D eigenvalue weighted by molar-refractivity contribution is 5.92. The summed E-state index contributed by atoms with van der Waals surface area (Å²) in [7, 11) is 0. The molecule has 0 saturated carbocycles. The fraction of sp³-hybridized carbons (Fsp3) is 0.273. The molecule has 0 saturated heterocycles. The van der Waals surface area contributed by atoms with E-state index in [1.54, 1.807) is 6.07 Å². The second kappa shape index (κ2) is 5.75. The second-order valence-corrected chi connectivity index (χ2v) is 3.22. The summed E-state index contributed by atoms with van der Waals surface area (Å²) < 4.78 is 5.24. The molecule has 0 unspecified atom stereocenters. The van der Waals surface area contributed by atoms with Gasteiger partial charge in [0.2, 0.25) is 0 Å². The SMILES string of the molecule is CCc1cccc(OCC(=O)N=C(N)N)c1. The van der Waals surface area contributed by atoms with Crippen molar-refractivity contribution in [2.75, 3.05) is 6.61 Å². The summed E-state index contributed by atoms with van der Waals surface area (Å²) in [5.41, 5.74) is 11.3. The molecule has 0 aliphatic carbocycles. The van der Waals surface area contributed by atoms with Crippen molar-refractivity contribution in [3.63, 3.8) is 0 Å². The van der Waals surface area contributed by atoms with Crippen LogP contribution in [0.2, 0.25) is 0 Å². The zero-order valence-electron chi connectivity index (χ0n) is 9.14. The molecule has 0 radical (unpaired) electrons. The lowest BCUT2D eigenvalue weighted by atomic mass is 10.2. The monoisotopic (exact) mass is 221 g/mol. The number of hydrogen-bond acceptors (Lipinski definition) is 2. The molecule has 86 valence electrons. The Labute approximate surface area is 94.1 Å². The highest BCUT2D eigenvalue weighted by Crippen LogP contribution is 2.13.